The first-order chi connectivity index (χ1) is 7.75. The Bertz CT molecular complexity index is 651. The van der Waals surface area contributed by atoms with Gasteiger partial charge in [-0.1, -0.05) is 0 Å². The molecule has 0 saturated carbocycles. The second kappa shape index (κ2) is 3.02. The molecule has 0 spiro atoms. The number of nitrogens with two attached hydrogens (primary N) is 1. The summed E-state index contributed by atoms with van der Waals surface area (Å²) in [5.41, 5.74) is 7.90. The van der Waals surface area contributed by atoms with Crippen molar-refractivity contribution in [3.8, 4) is 5.82 Å². The highest BCUT2D eigenvalue weighted by molar-refractivity contribution is 5.77. The first-order valence-electron chi connectivity index (χ1n) is 4.72. The molecule has 0 atom stereocenters. The molecule has 3 heterocycles. The number of hydrogen-bond donors (Lipinski definition) is 2. The van der Waals surface area contributed by atoms with E-state index in [4.69, 9.17) is 5.73 Å². The van der Waals surface area contributed by atoms with Gasteiger partial charge in [0.2, 0.25) is 0 Å². The van der Waals surface area contributed by atoms with Crippen LogP contribution in [0, 0.1) is 6.92 Å². The van der Waals surface area contributed by atoms with Gasteiger partial charge in [-0.05, 0) is 6.92 Å². The average Bonchev–Trinajstić information content (AvgIpc) is 2.84. The highest BCUT2D eigenvalue weighted by Gasteiger charge is 2.11. The van der Waals surface area contributed by atoms with Crippen molar-refractivity contribution in [2.24, 2.45) is 0 Å². The van der Waals surface area contributed by atoms with Crippen LogP contribution in [0.4, 0.5) is 5.82 Å². The molecule has 3 N–H and O–H groups in total. The van der Waals surface area contributed by atoms with Crippen LogP contribution < -0.4 is 5.73 Å². The van der Waals surface area contributed by atoms with Gasteiger partial charge in [-0.15, -0.1) is 5.10 Å². The number of imidazole rings is 1. The normalized spacial score (nSPS) is 11.1. The Labute approximate surface area is 90.4 Å². The van der Waals surface area contributed by atoms with Gasteiger partial charge in [-0.25, -0.2) is 19.6 Å². The van der Waals surface area contributed by atoms with Gasteiger partial charge in [0, 0.05) is 11.8 Å². The molecular weight excluding hydrogens is 206 g/mol. The summed E-state index contributed by atoms with van der Waals surface area (Å²) in [5.74, 6) is 1.11. The Balaban J connectivity index is 2.33. The average molecular weight is 215 g/mol. The first-order valence-corrected chi connectivity index (χ1v) is 4.72. The molecule has 0 aliphatic heterocycles. The zero-order chi connectivity index (χ0) is 11.1. The minimum atomic E-state index is 0.462. The van der Waals surface area contributed by atoms with E-state index in [0.29, 0.717) is 17.3 Å². The Hall–Kier alpha value is -2.44. The van der Waals surface area contributed by atoms with Crippen molar-refractivity contribution in [3.63, 3.8) is 0 Å². The molecule has 7 heteroatoms. The van der Waals surface area contributed by atoms with Crippen LogP contribution >= 0.6 is 0 Å². The van der Waals surface area contributed by atoms with Crippen LogP contribution in [0.25, 0.3) is 17.0 Å². The number of nitrogen functional groups attached to an aromatic ring is 1. The molecule has 0 unspecified atom stereocenters. The van der Waals surface area contributed by atoms with Crippen LogP contribution in [0.1, 0.15) is 5.69 Å². The van der Waals surface area contributed by atoms with E-state index in [1.807, 2.05) is 6.92 Å². The minimum absolute atomic E-state index is 0.462. The summed E-state index contributed by atoms with van der Waals surface area (Å²) >= 11 is 0. The standard InChI is InChI=1S/C9H9N7/c1-5-2-6(10)15-16(5)9-7-8(12-3-11-7)13-4-14-9/h2-4H,1H3,(H2,10,15)(H,11,12,13,14). The van der Waals surface area contributed by atoms with Crippen LogP contribution in [0.3, 0.4) is 0 Å². The Morgan fingerprint density at radius 3 is 2.94 bits per heavy atom. The van der Waals surface area contributed by atoms with Crippen LogP contribution in [-0.4, -0.2) is 29.7 Å². The number of fused-ring (bicyclic) bond motifs is 1. The maximum absolute atomic E-state index is 5.63. The molecule has 3 aromatic heterocycles. The molecule has 0 bridgehead atoms. The van der Waals surface area contributed by atoms with Gasteiger partial charge < -0.3 is 10.7 Å². The molecule has 0 aromatic carbocycles. The largest absolute Gasteiger partial charge is 0.382 e. The molecule has 0 aliphatic carbocycles. The van der Waals surface area contributed by atoms with E-state index in [2.05, 4.69) is 25.0 Å². The minimum Gasteiger partial charge on any atom is -0.382 e. The van der Waals surface area contributed by atoms with Gasteiger partial charge in [0.25, 0.3) is 0 Å². The van der Waals surface area contributed by atoms with Crippen molar-refractivity contribution < 1.29 is 0 Å². The van der Waals surface area contributed by atoms with E-state index in [0.717, 1.165) is 11.2 Å². The smallest absolute Gasteiger partial charge is 0.182 e. The Morgan fingerprint density at radius 2 is 2.19 bits per heavy atom. The lowest BCUT2D eigenvalue weighted by Gasteiger charge is -2.02. The topological polar surface area (TPSA) is 98.3 Å². The Kier molecular flexibility index (Phi) is 1.67. The number of anilines is 1. The lowest BCUT2D eigenvalue weighted by molar-refractivity contribution is 0.823. The van der Waals surface area contributed by atoms with Crippen LogP contribution in [-0.2, 0) is 0 Å². The van der Waals surface area contributed by atoms with Crippen molar-refractivity contribution in [2.75, 3.05) is 5.73 Å². The van der Waals surface area contributed by atoms with Crippen molar-refractivity contribution in [1.82, 2.24) is 29.7 Å². The van der Waals surface area contributed by atoms with E-state index in [1.54, 1.807) is 17.1 Å². The molecule has 0 amide bonds. The number of nitrogens with zero attached hydrogens (tertiary/aromatic N) is 5. The molecule has 0 radical (unpaired) electrons. The summed E-state index contributed by atoms with van der Waals surface area (Å²) in [7, 11) is 0. The third-order valence-electron chi connectivity index (χ3n) is 2.31. The zero-order valence-corrected chi connectivity index (χ0v) is 8.55. The van der Waals surface area contributed by atoms with E-state index in [9.17, 15) is 0 Å². The van der Waals surface area contributed by atoms with Gasteiger partial charge in [-0.2, -0.15) is 0 Å². The van der Waals surface area contributed by atoms with Crippen LogP contribution in [0.15, 0.2) is 18.7 Å². The molecule has 3 aromatic rings. The molecule has 0 saturated heterocycles. The number of nitrogens with one attached hydrogen (secondary N) is 1. The van der Waals surface area contributed by atoms with Crippen molar-refractivity contribution in [3.05, 3.63) is 24.4 Å². The third kappa shape index (κ3) is 1.14. The zero-order valence-electron chi connectivity index (χ0n) is 8.55. The predicted octanol–water partition coefficient (Wildman–Crippen LogP) is 0.429. The fourth-order valence-corrected chi connectivity index (χ4v) is 1.63. The van der Waals surface area contributed by atoms with E-state index < -0.39 is 0 Å². The lowest BCUT2D eigenvalue weighted by atomic mass is 10.4. The summed E-state index contributed by atoms with van der Waals surface area (Å²) in [5, 5.41) is 4.17. The monoisotopic (exact) mass is 215 g/mol. The number of H-pyrrole nitrogens is 1. The quantitative estimate of drug-likeness (QED) is 0.613. The van der Waals surface area contributed by atoms with Gasteiger partial charge in [0.15, 0.2) is 11.5 Å². The van der Waals surface area contributed by atoms with Gasteiger partial charge >= 0.3 is 0 Å². The fraction of sp³-hybridized carbons (Fsp3) is 0.111. The molecule has 0 aliphatic rings. The summed E-state index contributed by atoms with van der Waals surface area (Å²) in [4.78, 5) is 15.3. The summed E-state index contributed by atoms with van der Waals surface area (Å²) in [6.07, 6.45) is 3.03. The number of aryl methyl sites for hydroxylation is 1. The number of aromatic amines is 1. The van der Waals surface area contributed by atoms with Crippen molar-refractivity contribution >= 4 is 17.0 Å². The summed E-state index contributed by atoms with van der Waals surface area (Å²) in [6.45, 7) is 1.91. The van der Waals surface area contributed by atoms with Crippen LogP contribution in [0.2, 0.25) is 0 Å². The highest BCUT2D eigenvalue weighted by atomic mass is 15.3. The van der Waals surface area contributed by atoms with Gasteiger partial charge in [0.05, 0.1) is 6.33 Å². The second-order valence-electron chi connectivity index (χ2n) is 3.42. The maximum Gasteiger partial charge on any atom is 0.182 e. The van der Waals surface area contributed by atoms with E-state index in [-0.39, 0.29) is 0 Å². The molecule has 3 rings (SSSR count). The summed E-state index contributed by atoms with van der Waals surface area (Å²) in [6, 6.07) is 1.78. The van der Waals surface area contributed by atoms with E-state index in [1.165, 1.54) is 6.33 Å². The maximum atomic E-state index is 5.63. The van der Waals surface area contributed by atoms with Crippen LogP contribution in [0.5, 0.6) is 0 Å². The SMILES string of the molecule is Cc1cc(N)nn1-c1ncnc2nc[nH]c12. The predicted molar refractivity (Wildman–Crippen MR) is 58.0 cm³/mol. The molecule has 7 nitrogen and oxygen atoms in total. The lowest BCUT2D eigenvalue weighted by Crippen LogP contribution is -2.03. The second-order valence-corrected chi connectivity index (χ2v) is 3.42. The summed E-state index contributed by atoms with van der Waals surface area (Å²) < 4.78 is 1.66. The number of aromatic nitrogens is 6. The number of hydrogen-bond acceptors (Lipinski definition) is 5. The van der Waals surface area contributed by atoms with Gasteiger partial charge in [0.1, 0.15) is 17.7 Å². The molecule has 0 fully saturated rings. The highest BCUT2D eigenvalue weighted by Crippen LogP contribution is 2.16. The first kappa shape index (κ1) is 8.84. The molecule has 16 heavy (non-hydrogen) atoms. The van der Waals surface area contributed by atoms with Crippen molar-refractivity contribution in [1.29, 1.82) is 0 Å². The number of rotatable bonds is 1. The fourth-order valence-electron chi connectivity index (χ4n) is 1.63. The third-order valence-corrected chi connectivity index (χ3v) is 2.31. The van der Waals surface area contributed by atoms with Gasteiger partial charge in [-0.3, -0.25) is 0 Å². The molecule has 80 valence electrons. The van der Waals surface area contributed by atoms with E-state index >= 15 is 0 Å². The van der Waals surface area contributed by atoms with Crippen molar-refractivity contribution in [2.45, 2.75) is 6.92 Å². The Morgan fingerprint density at radius 1 is 1.31 bits per heavy atom. The molecular formula is C9H9N7.